The highest BCUT2D eigenvalue weighted by Crippen LogP contribution is 2.47. The Kier molecular flexibility index (Phi) is 5.84. The molecule has 176 valence electrons. The largest absolute Gasteiger partial charge is 0.425 e. The second kappa shape index (κ2) is 8.39. The van der Waals surface area contributed by atoms with E-state index >= 15 is 0 Å². The summed E-state index contributed by atoms with van der Waals surface area (Å²) in [6.45, 7) is 0. The molecule has 34 heavy (non-hydrogen) atoms. The average Bonchev–Trinajstić information content (AvgIpc) is 3.15. The van der Waals surface area contributed by atoms with Crippen LogP contribution < -0.4 is 4.72 Å². The Morgan fingerprint density at radius 1 is 1.00 bits per heavy atom. The van der Waals surface area contributed by atoms with Crippen molar-refractivity contribution in [2.45, 2.75) is 16.7 Å². The second-order valence-corrected chi connectivity index (χ2v) is 9.64. The third-order valence-corrected chi connectivity index (χ3v) is 7.20. The van der Waals surface area contributed by atoms with Gasteiger partial charge in [-0.3, -0.25) is 0 Å². The van der Waals surface area contributed by atoms with Crippen molar-refractivity contribution < 1.29 is 31.4 Å². The van der Waals surface area contributed by atoms with Crippen LogP contribution in [0.25, 0.3) is 10.9 Å². The van der Waals surface area contributed by atoms with Crippen LogP contribution in [-0.2, 0) is 22.7 Å². The highest BCUT2D eigenvalue weighted by atomic mass is 32.2. The lowest BCUT2D eigenvalue weighted by Gasteiger charge is -2.31. The second-order valence-electron chi connectivity index (χ2n) is 7.84. The molecule has 1 atom stereocenters. The molecule has 4 N–H and O–H groups in total. The Morgan fingerprint density at radius 2 is 1.65 bits per heavy atom. The first-order valence-corrected chi connectivity index (χ1v) is 11.7. The van der Waals surface area contributed by atoms with Crippen molar-refractivity contribution in [3.8, 4) is 0 Å². The number of aryl methyl sites for hydroxylation is 1. The maximum Gasteiger partial charge on any atom is 0.425 e. The zero-order chi connectivity index (χ0) is 24.7. The molecule has 0 aliphatic carbocycles. The summed E-state index contributed by atoms with van der Waals surface area (Å²) in [5.74, 6) is 0. The van der Waals surface area contributed by atoms with Crippen LogP contribution in [0.4, 0.5) is 18.9 Å². The van der Waals surface area contributed by atoms with Crippen molar-refractivity contribution >= 4 is 32.8 Å². The molecule has 4 rings (SSSR count). The SMILES string of the molecule is Cn1cc(C(O)(c2ccc([NH2+]S(=O)(=O)c3ccccc3)c(C=N)c2)C(F)(F)F)c2ccccc21. The van der Waals surface area contributed by atoms with Crippen LogP contribution >= 0.6 is 0 Å². The first-order chi connectivity index (χ1) is 16.0. The Balaban J connectivity index is 1.86. The quantitative estimate of drug-likeness (QED) is 0.286. The molecule has 0 aliphatic heterocycles. The van der Waals surface area contributed by atoms with Gasteiger partial charge in [-0.05, 0) is 35.9 Å². The van der Waals surface area contributed by atoms with Crippen LogP contribution in [0.1, 0.15) is 16.7 Å². The number of aromatic nitrogens is 1. The molecular formula is C24H21F3N3O3S+. The van der Waals surface area contributed by atoms with Crippen LogP contribution in [0.15, 0.2) is 83.9 Å². The fraction of sp³-hybridized carbons (Fsp3) is 0.125. The molecule has 0 aliphatic rings. The van der Waals surface area contributed by atoms with E-state index in [-0.39, 0.29) is 27.1 Å². The van der Waals surface area contributed by atoms with Gasteiger partial charge >= 0.3 is 16.2 Å². The van der Waals surface area contributed by atoms with Gasteiger partial charge < -0.3 is 15.1 Å². The van der Waals surface area contributed by atoms with Gasteiger partial charge in [-0.25, -0.2) is 4.72 Å². The number of halogens is 3. The fourth-order valence-corrected chi connectivity index (χ4v) is 5.20. The van der Waals surface area contributed by atoms with Gasteiger partial charge in [0.05, 0.1) is 5.56 Å². The number of rotatable bonds is 6. The summed E-state index contributed by atoms with van der Waals surface area (Å²) in [5.41, 5.74) is -3.81. The van der Waals surface area contributed by atoms with Gasteiger partial charge in [-0.2, -0.15) is 21.6 Å². The highest BCUT2D eigenvalue weighted by Gasteiger charge is 2.57. The van der Waals surface area contributed by atoms with E-state index in [9.17, 15) is 26.7 Å². The van der Waals surface area contributed by atoms with E-state index in [0.29, 0.717) is 5.52 Å². The molecule has 0 fully saturated rings. The van der Waals surface area contributed by atoms with Crippen molar-refractivity contribution in [2.24, 2.45) is 7.05 Å². The number of nitrogens with zero attached hydrogens (tertiary/aromatic N) is 1. The number of primary sulfonamides is 1. The molecule has 0 spiro atoms. The minimum Gasteiger partial charge on any atom is -0.372 e. The number of hydrogen-bond donors (Lipinski definition) is 3. The highest BCUT2D eigenvalue weighted by molar-refractivity contribution is 7.85. The summed E-state index contributed by atoms with van der Waals surface area (Å²) in [6.07, 6.45) is -3.12. The monoisotopic (exact) mass is 488 g/mol. The maximum atomic E-state index is 14.4. The smallest absolute Gasteiger partial charge is 0.372 e. The number of quaternary nitrogens is 1. The summed E-state index contributed by atoms with van der Waals surface area (Å²) in [5, 5.41) is 19.1. The van der Waals surface area contributed by atoms with E-state index < -0.39 is 27.4 Å². The van der Waals surface area contributed by atoms with Crippen LogP contribution in [0.3, 0.4) is 0 Å². The molecule has 10 heteroatoms. The summed E-state index contributed by atoms with van der Waals surface area (Å²) < 4.78 is 71.1. The van der Waals surface area contributed by atoms with Crippen molar-refractivity contribution in [3.63, 3.8) is 0 Å². The lowest BCUT2D eigenvalue weighted by Crippen LogP contribution is -2.81. The number of hydrogen-bond acceptors (Lipinski definition) is 4. The molecule has 0 saturated heterocycles. The zero-order valence-corrected chi connectivity index (χ0v) is 18.7. The van der Waals surface area contributed by atoms with E-state index in [2.05, 4.69) is 0 Å². The van der Waals surface area contributed by atoms with Gasteiger partial charge in [0.25, 0.3) is 0 Å². The molecule has 0 amide bonds. The van der Waals surface area contributed by atoms with Crippen LogP contribution in [0.2, 0.25) is 0 Å². The Hall–Kier alpha value is -3.47. The average molecular weight is 489 g/mol. The zero-order valence-electron chi connectivity index (χ0n) is 17.9. The molecule has 4 aromatic rings. The Labute approximate surface area is 193 Å². The summed E-state index contributed by atoms with van der Waals surface area (Å²) in [4.78, 5) is 0.0116. The van der Waals surface area contributed by atoms with E-state index in [1.165, 1.54) is 29.0 Å². The number of sulfonamides is 1. The number of fused-ring (bicyclic) bond motifs is 1. The third-order valence-electron chi connectivity index (χ3n) is 5.71. The molecule has 0 radical (unpaired) electrons. The molecule has 1 aromatic heterocycles. The predicted molar refractivity (Wildman–Crippen MR) is 122 cm³/mol. The summed E-state index contributed by atoms with van der Waals surface area (Å²) in [6, 6.07) is 17.1. The topological polar surface area (TPSA) is 99.8 Å². The minimum absolute atomic E-state index is 0.0116. The first-order valence-electron chi connectivity index (χ1n) is 10.1. The van der Waals surface area contributed by atoms with Crippen molar-refractivity contribution in [1.29, 1.82) is 5.41 Å². The predicted octanol–water partition coefficient (Wildman–Crippen LogP) is 3.56. The van der Waals surface area contributed by atoms with Crippen LogP contribution in [0, 0.1) is 5.41 Å². The van der Waals surface area contributed by atoms with Gasteiger partial charge in [0.1, 0.15) is 4.90 Å². The van der Waals surface area contributed by atoms with Gasteiger partial charge in [-0.15, -0.1) is 0 Å². The molecule has 0 bridgehead atoms. The lowest BCUT2D eigenvalue weighted by molar-refractivity contribution is -0.397. The number of benzene rings is 3. The van der Waals surface area contributed by atoms with Crippen molar-refractivity contribution in [3.05, 3.63) is 95.7 Å². The molecule has 0 saturated carbocycles. The van der Waals surface area contributed by atoms with Gasteiger partial charge in [-0.1, -0.05) is 36.4 Å². The summed E-state index contributed by atoms with van der Waals surface area (Å²) in [7, 11) is -2.34. The number of aliphatic hydroxyl groups is 1. The molecular weight excluding hydrogens is 467 g/mol. The van der Waals surface area contributed by atoms with Gasteiger partial charge in [0.2, 0.25) is 5.60 Å². The molecule has 1 heterocycles. The number of nitrogens with one attached hydrogen (secondary N) is 1. The maximum absolute atomic E-state index is 14.4. The van der Waals surface area contributed by atoms with E-state index in [4.69, 9.17) is 5.41 Å². The standard InChI is InChI=1S/C24H20F3N3O3S/c1-30-15-20(19-9-5-6-10-22(19)30)23(31,24(25,26)27)17-11-12-21(16(13-17)14-28)29-34(32,33)18-7-3-2-4-8-18/h2-15,28-29,31H,1H3/p+1. The molecule has 3 aromatic carbocycles. The third kappa shape index (κ3) is 3.89. The van der Waals surface area contributed by atoms with Crippen LogP contribution in [-0.4, -0.2) is 30.5 Å². The number of nitrogens with two attached hydrogens (primary N) is 1. The van der Waals surface area contributed by atoms with Gasteiger partial charge in [0, 0.05) is 42.0 Å². The van der Waals surface area contributed by atoms with Crippen LogP contribution in [0.5, 0.6) is 0 Å². The van der Waals surface area contributed by atoms with E-state index in [1.807, 2.05) is 0 Å². The van der Waals surface area contributed by atoms with Gasteiger partial charge in [0.15, 0.2) is 5.69 Å². The minimum atomic E-state index is -5.10. The summed E-state index contributed by atoms with van der Waals surface area (Å²) >= 11 is 0. The van der Waals surface area contributed by atoms with E-state index in [1.54, 1.807) is 43.4 Å². The fourth-order valence-electron chi connectivity index (χ4n) is 3.98. The van der Waals surface area contributed by atoms with Crippen molar-refractivity contribution in [1.82, 2.24) is 4.57 Å². The molecule has 1 unspecified atom stereocenters. The molecule has 6 nitrogen and oxygen atoms in total. The van der Waals surface area contributed by atoms with Crippen molar-refractivity contribution in [2.75, 3.05) is 0 Å². The Bertz CT molecular complexity index is 1480. The lowest BCUT2D eigenvalue weighted by atomic mass is 9.84. The number of alkyl halides is 3. The number of para-hydroxylation sites is 1. The first kappa shape index (κ1) is 23.7. The van der Waals surface area contributed by atoms with E-state index in [0.717, 1.165) is 29.1 Å². The Morgan fingerprint density at radius 3 is 2.29 bits per heavy atom. The normalized spacial score (nSPS) is 14.1.